The summed E-state index contributed by atoms with van der Waals surface area (Å²) in [7, 11) is 1.63. The van der Waals surface area contributed by atoms with Crippen LogP contribution in [0.1, 0.15) is 34.8 Å². The van der Waals surface area contributed by atoms with Gasteiger partial charge in [0.05, 0.1) is 31.4 Å². The van der Waals surface area contributed by atoms with E-state index in [4.69, 9.17) is 4.74 Å². The standard InChI is InChI=1S/C29H32N4O4/c1-20-15-28(35)33(32-20)24-13-11-23(12-14-24)29(36)31-26(17-21-7-4-3-5-8-21)27(34)19-30-18-22-9-6-10-25(16-22)37-2/h3-14,16,26-27,30,34H,15,17-19H2,1-2H3,(H,31,36)/t26-,27-/m0/s1. The minimum Gasteiger partial charge on any atom is -0.497 e. The smallest absolute Gasteiger partial charge is 0.253 e. The summed E-state index contributed by atoms with van der Waals surface area (Å²) >= 11 is 0. The molecule has 4 rings (SSSR count). The second-order valence-corrected chi connectivity index (χ2v) is 9.08. The molecule has 0 fully saturated rings. The zero-order valence-electron chi connectivity index (χ0n) is 21.1. The SMILES string of the molecule is COc1cccc(CNC[C@H](O)[C@H](Cc2ccccc2)NC(=O)c2ccc(N3N=C(C)CC3=O)cc2)c1. The van der Waals surface area contributed by atoms with Gasteiger partial charge in [0.1, 0.15) is 5.75 Å². The molecule has 0 radical (unpaired) electrons. The lowest BCUT2D eigenvalue weighted by molar-refractivity contribution is -0.116. The van der Waals surface area contributed by atoms with E-state index in [0.29, 0.717) is 37.2 Å². The molecule has 0 aromatic heterocycles. The van der Waals surface area contributed by atoms with E-state index >= 15 is 0 Å². The number of aliphatic hydroxyl groups excluding tert-OH is 1. The summed E-state index contributed by atoms with van der Waals surface area (Å²) in [6.07, 6.45) is -0.0515. The second-order valence-electron chi connectivity index (χ2n) is 9.08. The molecule has 0 aliphatic carbocycles. The number of nitrogens with zero attached hydrogens (tertiary/aromatic N) is 2. The van der Waals surface area contributed by atoms with Gasteiger partial charge < -0.3 is 20.5 Å². The lowest BCUT2D eigenvalue weighted by Crippen LogP contribution is -2.48. The summed E-state index contributed by atoms with van der Waals surface area (Å²) in [6, 6.07) is 23.7. The third-order valence-corrected chi connectivity index (χ3v) is 6.18. The van der Waals surface area contributed by atoms with E-state index in [9.17, 15) is 14.7 Å². The monoisotopic (exact) mass is 500 g/mol. The zero-order valence-corrected chi connectivity index (χ0v) is 21.1. The topological polar surface area (TPSA) is 103 Å². The molecule has 37 heavy (non-hydrogen) atoms. The number of carbonyl (C=O) groups is 2. The number of benzene rings is 3. The van der Waals surface area contributed by atoms with Crippen molar-refractivity contribution in [1.29, 1.82) is 0 Å². The first-order valence-corrected chi connectivity index (χ1v) is 12.3. The zero-order chi connectivity index (χ0) is 26.2. The maximum absolute atomic E-state index is 13.1. The van der Waals surface area contributed by atoms with Crippen molar-refractivity contribution in [2.24, 2.45) is 5.10 Å². The molecule has 0 unspecified atom stereocenters. The van der Waals surface area contributed by atoms with Crippen LogP contribution in [0, 0.1) is 0 Å². The third-order valence-electron chi connectivity index (χ3n) is 6.18. The number of amides is 2. The third kappa shape index (κ3) is 7.03. The molecule has 3 N–H and O–H groups in total. The Kier molecular flexibility index (Phi) is 8.66. The van der Waals surface area contributed by atoms with Gasteiger partial charge in [-0.1, -0.05) is 42.5 Å². The molecule has 3 aromatic rings. The van der Waals surface area contributed by atoms with Crippen LogP contribution in [-0.2, 0) is 17.8 Å². The lowest BCUT2D eigenvalue weighted by atomic mass is 10.00. The van der Waals surface area contributed by atoms with Crippen molar-refractivity contribution >= 4 is 23.2 Å². The van der Waals surface area contributed by atoms with Gasteiger partial charge in [-0.05, 0) is 60.9 Å². The van der Waals surface area contributed by atoms with E-state index in [1.165, 1.54) is 5.01 Å². The molecule has 2 amide bonds. The number of aliphatic hydroxyl groups is 1. The van der Waals surface area contributed by atoms with Crippen LogP contribution in [0.4, 0.5) is 5.69 Å². The Morgan fingerprint density at radius 3 is 2.46 bits per heavy atom. The Morgan fingerprint density at radius 2 is 1.78 bits per heavy atom. The summed E-state index contributed by atoms with van der Waals surface area (Å²) in [5.74, 6) is 0.380. The van der Waals surface area contributed by atoms with E-state index in [-0.39, 0.29) is 11.8 Å². The molecule has 8 heteroatoms. The first-order valence-electron chi connectivity index (χ1n) is 12.3. The normalized spacial score (nSPS) is 14.7. The Morgan fingerprint density at radius 1 is 1.05 bits per heavy atom. The molecule has 192 valence electrons. The van der Waals surface area contributed by atoms with Crippen molar-refractivity contribution in [2.45, 2.75) is 38.5 Å². The molecule has 1 aliphatic rings. The van der Waals surface area contributed by atoms with Gasteiger partial charge >= 0.3 is 0 Å². The average Bonchev–Trinajstić information content (AvgIpc) is 3.26. The van der Waals surface area contributed by atoms with Gasteiger partial charge in [0.25, 0.3) is 11.8 Å². The number of nitrogens with one attached hydrogen (secondary N) is 2. The molecular formula is C29H32N4O4. The molecule has 2 atom stereocenters. The molecule has 1 aliphatic heterocycles. The fourth-order valence-electron chi connectivity index (χ4n) is 4.20. The van der Waals surface area contributed by atoms with Crippen molar-refractivity contribution in [2.75, 3.05) is 18.7 Å². The summed E-state index contributed by atoms with van der Waals surface area (Å²) in [6.45, 7) is 2.66. The fourth-order valence-corrected chi connectivity index (χ4v) is 4.20. The van der Waals surface area contributed by atoms with Gasteiger partial charge in [-0.2, -0.15) is 5.10 Å². The summed E-state index contributed by atoms with van der Waals surface area (Å²) in [5.41, 5.74) is 3.85. The van der Waals surface area contributed by atoms with Gasteiger partial charge in [-0.25, -0.2) is 5.01 Å². The van der Waals surface area contributed by atoms with E-state index in [1.807, 2.05) is 61.5 Å². The minimum absolute atomic E-state index is 0.0952. The van der Waals surface area contributed by atoms with Crippen molar-refractivity contribution in [3.63, 3.8) is 0 Å². The summed E-state index contributed by atoms with van der Waals surface area (Å²) in [5, 5.41) is 22.9. The van der Waals surface area contributed by atoms with Gasteiger partial charge in [0.15, 0.2) is 0 Å². The Balaban J connectivity index is 1.41. The van der Waals surface area contributed by atoms with Crippen LogP contribution < -0.4 is 20.4 Å². The number of methoxy groups -OCH3 is 1. The number of hydrogen-bond acceptors (Lipinski definition) is 6. The van der Waals surface area contributed by atoms with Crippen LogP contribution in [0.15, 0.2) is 84.0 Å². The number of hydrogen-bond donors (Lipinski definition) is 3. The summed E-state index contributed by atoms with van der Waals surface area (Å²) in [4.78, 5) is 25.2. The maximum atomic E-state index is 13.1. The molecule has 3 aromatic carbocycles. The molecule has 0 spiro atoms. The fraction of sp³-hybridized carbons (Fsp3) is 0.276. The van der Waals surface area contributed by atoms with Crippen molar-refractivity contribution in [1.82, 2.24) is 10.6 Å². The van der Waals surface area contributed by atoms with Crippen LogP contribution in [-0.4, -0.2) is 48.4 Å². The van der Waals surface area contributed by atoms with Crippen molar-refractivity contribution in [3.8, 4) is 5.75 Å². The Bertz CT molecular complexity index is 1240. The molecule has 1 heterocycles. The van der Waals surface area contributed by atoms with Gasteiger partial charge in [-0.3, -0.25) is 9.59 Å². The predicted octanol–water partition coefficient (Wildman–Crippen LogP) is 3.30. The lowest BCUT2D eigenvalue weighted by Gasteiger charge is -2.25. The first-order chi connectivity index (χ1) is 17.9. The number of anilines is 1. The highest BCUT2D eigenvalue weighted by atomic mass is 16.5. The first kappa shape index (κ1) is 26.1. The molecule has 0 saturated heterocycles. The minimum atomic E-state index is -0.825. The largest absolute Gasteiger partial charge is 0.497 e. The highest BCUT2D eigenvalue weighted by Crippen LogP contribution is 2.21. The van der Waals surface area contributed by atoms with Gasteiger partial charge in [-0.15, -0.1) is 0 Å². The highest BCUT2D eigenvalue weighted by molar-refractivity contribution is 6.12. The molecule has 0 saturated carbocycles. The molecule has 8 nitrogen and oxygen atoms in total. The van der Waals surface area contributed by atoms with Crippen LogP contribution >= 0.6 is 0 Å². The van der Waals surface area contributed by atoms with E-state index in [1.54, 1.807) is 31.4 Å². The Labute approximate surface area is 217 Å². The number of rotatable bonds is 11. The van der Waals surface area contributed by atoms with Crippen molar-refractivity contribution in [3.05, 3.63) is 95.6 Å². The number of carbonyl (C=O) groups excluding carboxylic acids is 2. The molecular weight excluding hydrogens is 468 g/mol. The average molecular weight is 501 g/mol. The highest BCUT2D eigenvalue weighted by Gasteiger charge is 2.24. The number of ether oxygens (including phenoxy) is 1. The van der Waals surface area contributed by atoms with E-state index in [0.717, 1.165) is 22.6 Å². The second kappa shape index (κ2) is 12.3. The van der Waals surface area contributed by atoms with Crippen molar-refractivity contribution < 1.29 is 19.4 Å². The van der Waals surface area contributed by atoms with E-state index < -0.39 is 12.1 Å². The van der Waals surface area contributed by atoms with Crippen LogP contribution in [0.25, 0.3) is 0 Å². The van der Waals surface area contributed by atoms with Crippen LogP contribution in [0.5, 0.6) is 5.75 Å². The summed E-state index contributed by atoms with van der Waals surface area (Å²) < 4.78 is 5.27. The predicted molar refractivity (Wildman–Crippen MR) is 144 cm³/mol. The van der Waals surface area contributed by atoms with Crippen LogP contribution in [0.2, 0.25) is 0 Å². The van der Waals surface area contributed by atoms with Gasteiger partial charge in [0, 0.05) is 24.4 Å². The molecule has 0 bridgehead atoms. The van der Waals surface area contributed by atoms with Gasteiger partial charge in [0.2, 0.25) is 0 Å². The van der Waals surface area contributed by atoms with Crippen LogP contribution in [0.3, 0.4) is 0 Å². The quantitative estimate of drug-likeness (QED) is 0.375. The Hall–Kier alpha value is -4.01. The van der Waals surface area contributed by atoms with E-state index in [2.05, 4.69) is 15.7 Å². The number of hydrazone groups is 1. The maximum Gasteiger partial charge on any atom is 0.253 e.